The summed E-state index contributed by atoms with van der Waals surface area (Å²) in [7, 11) is 1.45. The largest absolute Gasteiger partial charge is 0.496 e. The number of amides is 1. The first-order valence-electron chi connectivity index (χ1n) is 7.51. The lowest BCUT2D eigenvalue weighted by atomic mass is 10.2. The molecular weight excluding hydrogens is 393 g/mol. The first-order valence-corrected chi connectivity index (χ1v) is 8.30. The normalized spacial score (nSPS) is 10.2. The number of esters is 1. The van der Waals surface area contributed by atoms with Crippen LogP contribution in [0.15, 0.2) is 46.9 Å². The number of benzene rings is 2. The summed E-state index contributed by atoms with van der Waals surface area (Å²) in [4.78, 5) is 23.7. The molecule has 25 heavy (non-hydrogen) atoms. The Morgan fingerprint density at radius 2 is 1.88 bits per heavy atom. The Bertz CT molecular complexity index is 749. The third kappa shape index (κ3) is 5.86. The minimum absolute atomic E-state index is 0.0138. The van der Waals surface area contributed by atoms with E-state index >= 15 is 0 Å². The van der Waals surface area contributed by atoms with Crippen LogP contribution in [0, 0.1) is 5.82 Å². The molecular formula is C18H17BrFNO4. The molecule has 0 unspecified atom stereocenters. The quantitative estimate of drug-likeness (QED) is 0.711. The van der Waals surface area contributed by atoms with Gasteiger partial charge >= 0.3 is 5.97 Å². The molecule has 0 radical (unpaired) electrons. The number of rotatable bonds is 7. The van der Waals surface area contributed by atoms with Crippen molar-refractivity contribution in [2.75, 3.05) is 13.7 Å². The van der Waals surface area contributed by atoms with Gasteiger partial charge in [-0.3, -0.25) is 9.59 Å². The van der Waals surface area contributed by atoms with E-state index < -0.39 is 11.8 Å². The molecule has 0 spiro atoms. The molecule has 0 saturated heterocycles. The molecule has 2 aromatic carbocycles. The zero-order chi connectivity index (χ0) is 18.2. The van der Waals surface area contributed by atoms with E-state index in [1.807, 2.05) is 0 Å². The van der Waals surface area contributed by atoms with Crippen LogP contribution in [-0.2, 0) is 16.1 Å². The van der Waals surface area contributed by atoms with Gasteiger partial charge < -0.3 is 14.8 Å². The SMILES string of the molecule is COc1ccc(F)cc1COC(=O)CCNC(=O)c1ccc(Br)cc1. The average molecular weight is 410 g/mol. The van der Waals surface area contributed by atoms with Gasteiger partial charge in [-0.25, -0.2) is 4.39 Å². The summed E-state index contributed by atoms with van der Waals surface area (Å²) in [5.41, 5.74) is 0.941. The Morgan fingerprint density at radius 1 is 1.16 bits per heavy atom. The molecule has 2 aromatic rings. The van der Waals surface area contributed by atoms with E-state index in [9.17, 15) is 14.0 Å². The number of hydrogen-bond acceptors (Lipinski definition) is 4. The van der Waals surface area contributed by atoms with Gasteiger partial charge in [0.25, 0.3) is 5.91 Å². The molecule has 0 heterocycles. The van der Waals surface area contributed by atoms with Crippen molar-refractivity contribution in [1.29, 1.82) is 0 Å². The lowest BCUT2D eigenvalue weighted by Gasteiger charge is -2.10. The molecule has 5 nitrogen and oxygen atoms in total. The van der Waals surface area contributed by atoms with Gasteiger partial charge in [0, 0.05) is 22.1 Å². The summed E-state index contributed by atoms with van der Waals surface area (Å²) in [6.07, 6.45) is 0.0138. The first kappa shape index (κ1) is 18.9. The lowest BCUT2D eigenvalue weighted by molar-refractivity contribution is -0.144. The highest BCUT2D eigenvalue weighted by atomic mass is 79.9. The van der Waals surface area contributed by atoms with Crippen molar-refractivity contribution in [2.45, 2.75) is 13.0 Å². The van der Waals surface area contributed by atoms with Gasteiger partial charge in [-0.15, -0.1) is 0 Å². The summed E-state index contributed by atoms with van der Waals surface area (Å²) in [5, 5.41) is 2.64. The fourth-order valence-electron chi connectivity index (χ4n) is 2.07. The third-order valence-electron chi connectivity index (χ3n) is 3.35. The van der Waals surface area contributed by atoms with E-state index in [0.29, 0.717) is 16.9 Å². The van der Waals surface area contributed by atoms with Crippen molar-refractivity contribution in [1.82, 2.24) is 5.32 Å². The van der Waals surface area contributed by atoms with Crippen molar-refractivity contribution in [3.63, 3.8) is 0 Å². The second-order valence-electron chi connectivity index (χ2n) is 5.13. The monoisotopic (exact) mass is 409 g/mol. The highest BCUT2D eigenvalue weighted by Crippen LogP contribution is 2.20. The number of halogens is 2. The molecule has 0 fully saturated rings. The van der Waals surface area contributed by atoms with Crippen molar-refractivity contribution < 1.29 is 23.5 Å². The molecule has 0 aliphatic carbocycles. The van der Waals surface area contributed by atoms with Gasteiger partial charge in [-0.2, -0.15) is 0 Å². The van der Waals surface area contributed by atoms with E-state index in [1.54, 1.807) is 24.3 Å². The topological polar surface area (TPSA) is 64.6 Å². The van der Waals surface area contributed by atoms with Crippen LogP contribution in [0.3, 0.4) is 0 Å². The number of carbonyl (C=O) groups is 2. The molecule has 1 amide bonds. The van der Waals surface area contributed by atoms with E-state index in [1.165, 1.54) is 25.3 Å². The van der Waals surface area contributed by atoms with Crippen LogP contribution in [0.1, 0.15) is 22.3 Å². The second-order valence-corrected chi connectivity index (χ2v) is 6.05. The van der Waals surface area contributed by atoms with Gasteiger partial charge in [0.05, 0.1) is 13.5 Å². The first-order chi connectivity index (χ1) is 12.0. The standard InChI is InChI=1S/C18H17BrFNO4/c1-24-16-7-6-15(20)10-13(16)11-25-17(22)8-9-21-18(23)12-2-4-14(19)5-3-12/h2-7,10H,8-9,11H2,1H3,(H,21,23). The maximum atomic E-state index is 13.2. The molecule has 0 saturated carbocycles. The summed E-state index contributed by atoms with van der Waals surface area (Å²) >= 11 is 3.29. The van der Waals surface area contributed by atoms with Gasteiger partial charge in [-0.1, -0.05) is 15.9 Å². The number of hydrogen-bond donors (Lipinski definition) is 1. The maximum absolute atomic E-state index is 13.2. The zero-order valence-corrected chi connectivity index (χ0v) is 15.1. The number of carbonyl (C=O) groups excluding carboxylic acids is 2. The molecule has 132 valence electrons. The minimum atomic E-state index is -0.498. The molecule has 0 aliphatic rings. The van der Waals surface area contributed by atoms with Gasteiger partial charge in [0.1, 0.15) is 18.2 Å². The minimum Gasteiger partial charge on any atom is -0.496 e. The lowest BCUT2D eigenvalue weighted by Crippen LogP contribution is -2.26. The second kappa shape index (κ2) is 9.17. The maximum Gasteiger partial charge on any atom is 0.307 e. The van der Waals surface area contributed by atoms with Crippen molar-refractivity contribution >= 4 is 27.8 Å². The summed E-state index contributed by atoms with van der Waals surface area (Å²) in [5.74, 6) is -0.763. The van der Waals surface area contributed by atoms with Crippen LogP contribution in [0.4, 0.5) is 4.39 Å². The van der Waals surface area contributed by atoms with Crippen LogP contribution >= 0.6 is 15.9 Å². The predicted molar refractivity (Wildman–Crippen MR) is 93.8 cm³/mol. The van der Waals surface area contributed by atoms with Crippen molar-refractivity contribution in [2.24, 2.45) is 0 Å². The predicted octanol–water partition coefficient (Wildman–Crippen LogP) is 3.46. The summed E-state index contributed by atoms with van der Waals surface area (Å²) in [6.45, 7) is 0.0500. The van der Waals surface area contributed by atoms with Crippen LogP contribution in [0.5, 0.6) is 5.75 Å². The Labute approximate surface area is 153 Å². The molecule has 0 atom stereocenters. The molecule has 1 N–H and O–H groups in total. The Hall–Kier alpha value is -2.41. The smallest absolute Gasteiger partial charge is 0.307 e. The van der Waals surface area contributed by atoms with Crippen LogP contribution < -0.4 is 10.1 Å². The van der Waals surface area contributed by atoms with E-state index in [2.05, 4.69) is 21.2 Å². The van der Waals surface area contributed by atoms with Gasteiger partial charge in [0.2, 0.25) is 0 Å². The van der Waals surface area contributed by atoms with Crippen molar-refractivity contribution in [3.8, 4) is 5.75 Å². The summed E-state index contributed by atoms with van der Waals surface area (Å²) < 4.78 is 24.3. The van der Waals surface area contributed by atoms with Crippen LogP contribution in [-0.4, -0.2) is 25.5 Å². The molecule has 0 aliphatic heterocycles. The Kier molecular flexibility index (Phi) is 6.94. The van der Waals surface area contributed by atoms with E-state index in [-0.39, 0.29) is 25.5 Å². The number of methoxy groups -OCH3 is 1. The Morgan fingerprint density at radius 3 is 2.56 bits per heavy atom. The van der Waals surface area contributed by atoms with Crippen molar-refractivity contribution in [3.05, 3.63) is 63.9 Å². The fourth-order valence-corrected chi connectivity index (χ4v) is 2.34. The van der Waals surface area contributed by atoms with Gasteiger partial charge in [0.15, 0.2) is 0 Å². The molecule has 0 bridgehead atoms. The molecule has 7 heteroatoms. The number of ether oxygens (including phenoxy) is 2. The van der Waals surface area contributed by atoms with E-state index in [0.717, 1.165) is 4.47 Å². The molecule has 0 aromatic heterocycles. The highest BCUT2D eigenvalue weighted by molar-refractivity contribution is 9.10. The van der Waals surface area contributed by atoms with Crippen LogP contribution in [0.2, 0.25) is 0 Å². The highest BCUT2D eigenvalue weighted by Gasteiger charge is 2.10. The summed E-state index contributed by atoms with van der Waals surface area (Å²) in [6, 6.07) is 10.9. The third-order valence-corrected chi connectivity index (χ3v) is 3.88. The van der Waals surface area contributed by atoms with Gasteiger partial charge in [-0.05, 0) is 42.5 Å². The fraction of sp³-hybridized carbons (Fsp3) is 0.222. The van der Waals surface area contributed by atoms with E-state index in [4.69, 9.17) is 9.47 Å². The number of nitrogens with one attached hydrogen (secondary N) is 1. The molecule has 2 rings (SSSR count). The zero-order valence-electron chi connectivity index (χ0n) is 13.6. The van der Waals surface area contributed by atoms with Crippen LogP contribution in [0.25, 0.3) is 0 Å². The average Bonchev–Trinajstić information content (AvgIpc) is 2.60. The Balaban J connectivity index is 1.76.